The van der Waals surface area contributed by atoms with Crippen molar-refractivity contribution in [3.63, 3.8) is 0 Å². The fourth-order valence-electron chi connectivity index (χ4n) is 2.29. The molecule has 0 radical (unpaired) electrons. The smallest absolute Gasteiger partial charge is 0.372 e. The maximum atomic E-state index is 11.9. The van der Waals surface area contributed by atoms with Crippen molar-refractivity contribution < 1.29 is 17.9 Å². The molecule has 2 atom stereocenters. The van der Waals surface area contributed by atoms with E-state index in [9.17, 15) is 13.2 Å². The second-order valence-corrected chi connectivity index (χ2v) is 5.27. The number of ether oxygens (including phenoxy) is 1. The first-order valence-electron chi connectivity index (χ1n) is 7.02. The predicted octanol–water partition coefficient (Wildman–Crippen LogP) is 2.28. The van der Waals surface area contributed by atoms with E-state index < -0.39 is 12.8 Å². The molecule has 0 saturated carbocycles. The maximum absolute atomic E-state index is 11.9. The quantitative estimate of drug-likeness (QED) is 0.725. The Morgan fingerprint density at radius 3 is 2.79 bits per heavy atom. The normalized spacial score (nSPS) is 23.5. The number of piperazine rings is 1. The molecule has 0 amide bonds. The molecule has 0 spiro atoms. The van der Waals surface area contributed by atoms with E-state index in [1.54, 1.807) is 0 Å². The molecule has 1 aliphatic heterocycles. The monoisotopic (exact) mass is 282 g/mol. The number of halogens is 3. The van der Waals surface area contributed by atoms with Crippen LogP contribution in [0.2, 0.25) is 0 Å². The highest BCUT2D eigenvalue weighted by molar-refractivity contribution is 4.81. The van der Waals surface area contributed by atoms with Crippen LogP contribution >= 0.6 is 0 Å². The van der Waals surface area contributed by atoms with E-state index in [2.05, 4.69) is 28.8 Å². The highest BCUT2D eigenvalue weighted by atomic mass is 19.4. The Labute approximate surface area is 113 Å². The van der Waals surface area contributed by atoms with Crippen molar-refractivity contribution in [1.29, 1.82) is 0 Å². The summed E-state index contributed by atoms with van der Waals surface area (Å²) in [5, 5.41) is 3.50. The van der Waals surface area contributed by atoms with Crippen molar-refractivity contribution in [3.8, 4) is 0 Å². The summed E-state index contributed by atoms with van der Waals surface area (Å²) >= 11 is 0. The molecule has 19 heavy (non-hydrogen) atoms. The average molecular weight is 282 g/mol. The number of nitrogens with one attached hydrogen (secondary N) is 1. The molecule has 3 nitrogen and oxygen atoms in total. The lowest BCUT2D eigenvalue weighted by atomic mass is 9.97. The summed E-state index contributed by atoms with van der Waals surface area (Å²) in [6.45, 7) is 7.16. The van der Waals surface area contributed by atoms with Crippen molar-refractivity contribution in [3.05, 3.63) is 0 Å². The molecule has 0 bridgehead atoms. The van der Waals surface area contributed by atoms with Crippen LogP contribution in [-0.2, 0) is 4.74 Å². The van der Waals surface area contributed by atoms with Crippen molar-refractivity contribution in [2.24, 2.45) is 5.92 Å². The van der Waals surface area contributed by atoms with Crippen molar-refractivity contribution >= 4 is 0 Å². The molecule has 1 N–H and O–H groups in total. The Hall–Kier alpha value is -0.330. The van der Waals surface area contributed by atoms with Crippen LogP contribution in [-0.4, -0.2) is 56.5 Å². The molecule has 114 valence electrons. The molecule has 0 aromatic rings. The molecule has 0 aromatic carbocycles. The van der Waals surface area contributed by atoms with Gasteiger partial charge in [0.1, 0.15) is 6.61 Å². The zero-order valence-corrected chi connectivity index (χ0v) is 11.8. The minimum Gasteiger partial charge on any atom is -0.372 e. The second-order valence-electron chi connectivity index (χ2n) is 5.27. The van der Waals surface area contributed by atoms with Crippen LogP contribution in [0.1, 0.15) is 26.7 Å². The van der Waals surface area contributed by atoms with E-state index in [4.69, 9.17) is 0 Å². The van der Waals surface area contributed by atoms with Crippen LogP contribution in [0.15, 0.2) is 0 Å². The minimum atomic E-state index is -4.21. The maximum Gasteiger partial charge on any atom is 0.411 e. The SMILES string of the molecule is CCC(C)C1CN(CCCOCC(F)(F)F)CCN1. The Morgan fingerprint density at radius 1 is 1.42 bits per heavy atom. The summed E-state index contributed by atoms with van der Waals surface area (Å²) in [6, 6.07) is 0.495. The molecule has 1 rings (SSSR count). The molecule has 1 aliphatic rings. The zero-order chi connectivity index (χ0) is 14.3. The average Bonchev–Trinajstić information content (AvgIpc) is 2.36. The lowest BCUT2D eigenvalue weighted by Gasteiger charge is -2.36. The summed E-state index contributed by atoms with van der Waals surface area (Å²) in [4.78, 5) is 2.31. The van der Waals surface area contributed by atoms with Gasteiger partial charge in [0.25, 0.3) is 0 Å². The summed E-state index contributed by atoms with van der Waals surface area (Å²) < 4.78 is 40.2. The number of alkyl halides is 3. The largest absolute Gasteiger partial charge is 0.411 e. The molecule has 1 heterocycles. The first-order chi connectivity index (χ1) is 8.92. The van der Waals surface area contributed by atoms with E-state index >= 15 is 0 Å². The number of rotatable bonds is 7. The van der Waals surface area contributed by atoms with Gasteiger partial charge in [-0.15, -0.1) is 0 Å². The lowest BCUT2D eigenvalue weighted by molar-refractivity contribution is -0.174. The third kappa shape index (κ3) is 7.13. The fraction of sp³-hybridized carbons (Fsp3) is 1.00. The van der Waals surface area contributed by atoms with Gasteiger partial charge >= 0.3 is 6.18 Å². The minimum absolute atomic E-state index is 0.178. The van der Waals surface area contributed by atoms with Crippen molar-refractivity contribution in [2.45, 2.75) is 38.9 Å². The molecule has 2 unspecified atom stereocenters. The van der Waals surface area contributed by atoms with Gasteiger partial charge in [-0.2, -0.15) is 13.2 Å². The van der Waals surface area contributed by atoms with Crippen LogP contribution in [0.3, 0.4) is 0 Å². The van der Waals surface area contributed by atoms with Crippen LogP contribution in [0, 0.1) is 5.92 Å². The van der Waals surface area contributed by atoms with Gasteiger partial charge in [0.2, 0.25) is 0 Å². The number of nitrogens with zero attached hydrogens (tertiary/aromatic N) is 1. The third-order valence-electron chi connectivity index (χ3n) is 3.65. The summed E-state index contributed by atoms with van der Waals surface area (Å²) in [5.74, 6) is 0.629. The predicted molar refractivity (Wildman–Crippen MR) is 69.2 cm³/mol. The van der Waals surface area contributed by atoms with Crippen molar-refractivity contribution in [1.82, 2.24) is 10.2 Å². The third-order valence-corrected chi connectivity index (χ3v) is 3.65. The van der Waals surface area contributed by atoms with Gasteiger partial charge in [-0.25, -0.2) is 0 Å². The second kappa shape index (κ2) is 8.07. The van der Waals surface area contributed by atoms with Crippen LogP contribution in [0.5, 0.6) is 0 Å². The van der Waals surface area contributed by atoms with Gasteiger partial charge in [0.15, 0.2) is 0 Å². The van der Waals surface area contributed by atoms with Gasteiger partial charge in [0.05, 0.1) is 0 Å². The van der Waals surface area contributed by atoms with E-state index in [1.165, 1.54) is 0 Å². The molecule has 0 aromatic heterocycles. The fourth-order valence-corrected chi connectivity index (χ4v) is 2.29. The molecule has 1 fully saturated rings. The van der Waals surface area contributed by atoms with Gasteiger partial charge in [0, 0.05) is 38.8 Å². The topological polar surface area (TPSA) is 24.5 Å². The Bertz CT molecular complexity index is 249. The molecule has 0 aliphatic carbocycles. The lowest BCUT2D eigenvalue weighted by Crippen LogP contribution is -2.53. The highest BCUT2D eigenvalue weighted by Gasteiger charge is 2.27. The Kier molecular flexibility index (Phi) is 7.10. The van der Waals surface area contributed by atoms with Gasteiger partial charge in [-0.05, 0) is 12.3 Å². The van der Waals surface area contributed by atoms with E-state index in [1.807, 2.05) is 0 Å². The molecule has 1 saturated heterocycles. The van der Waals surface area contributed by atoms with E-state index in [0.29, 0.717) is 18.4 Å². The van der Waals surface area contributed by atoms with Gasteiger partial charge < -0.3 is 15.0 Å². The zero-order valence-electron chi connectivity index (χ0n) is 11.8. The number of hydrogen-bond donors (Lipinski definition) is 1. The molecule has 6 heteroatoms. The summed E-state index contributed by atoms with van der Waals surface area (Å²) in [5.41, 5.74) is 0. The van der Waals surface area contributed by atoms with Crippen LogP contribution < -0.4 is 5.32 Å². The van der Waals surface area contributed by atoms with E-state index in [-0.39, 0.29) is 6.61 Å². The first kappa shape index (κ1) is 16.7. The summed E-state index contributed by atoms with van der Waals surface area (Å²) in [7, 11) is 0. The Balaban J connectivity index is 2.12. The van der Waals surface area contributed by atoms with E-state index in [0.717, 1.165) is 32.6 Å². The summed E-state index contributed by atoms with van der Waals surface area (Å²) in [6.07, 6.45) is -2.42. The van der Waals surface area contributed by atoms with Crippen LogP contribution in [0.25, 0.3) is 0 Å². The standard InChI is InChI=1S/C13H25F3N2O/c1-3-11(2)12-9-18(7-5-17-12)6-4-8-19-10-13(14,15)16/h11-12,17H,3-10H2,1-2H3. The van der Waals surface area contributed by atoms with Crippen molar-refractivity contribution in [2.75, 3.05) is 39.4 Å². The first-order valence-corrected chi connectivity index (χ1v) is 7.02. The van der Waals surface area contributed by atoms with Gasteiger partial charge in [-0.3, -0.25) is 0 Å². The molecular formula is C13H25F3N2O. The van der Waals surface area contributed by atoms with Gasteiger partial charge in [-0.1, -0.05) is 20.3 Å². The highest BCUT2D eigenvalue weighted by Crippen LogP contribution is 2.15. The van der Waals surface area contributed by atoms with Crippen LogP contribution in [0.4, 0.5) is 13.2 Å². The molecular weight excluding hydrogens is 257 g/mol. The number of hydrogen-bond acceptors (Lipinski definition) is 3. The Morgan fingerprint density at radius 2 is 2.16 bits per heavy atom.